The van der Waals surface area contributed by atoms with Gasteiger partial charge in [0.05, 0.1) is 29.0 Å². The molecule has 2 heterocycles. The number of nitrogens with zero attached hydrogens (tertiary/aromatic N) is 2. The highest BCUT2D eigenvalue weighted by Gasteiger charge is 2.41. The number of carbonyl (C=O) groups is 2. The molecular weight excluding hydrogens is 314 g/mol. The lowest BCUT2D eigenvalue weighted by Crippen LogP contribution is -2.31. The zero-order chi connectivity index (χ0) is 16.4. The second kappa shape index (κ2) is 6.42. The van der Waals surface area contributed by atoms with Gasteiger partial charge in [0.25, 0.3) is 0 Å². The number of furan rings is 1. The molecule has 3 rings (SSSR count). The Morgan fingerprint density at radius 2 is 2.35 bits per heavy atom. The zero-order valence-corrected chi connectivity index (χ0v) is 13.1. The van der Waals surface area contributed by atoms with Gasteiger partial charge in [-0.2, -0.15) is 5.26 Å². The van der Waals surface area contributed by atoms with Crippen LogP contribution in [0.5, 0.6) is 0 Å². The van der Waals surface area contributed by atoms with Gasteiger partial charge >= 0.3 is 0 Å². The molecule has 1 aromatic rings. The summed E-state index contributed by atoms with van der Waals surface area (Å²) in [6.07, 6.45) is 3.43. The van der Waals surface area contributed by atoms with Crippen molar-refractivity contribution in [2.24, 2.45) is 16.6 Å². The maximum absolute atomic E-state index is 12.4. The van der Waals surface area contributed by atoms with E-state index in [1.807, 2.05) is 0 Å². The quantitative estimate of drug-likeness (QED) is 0.913. The molecular formula is C16H15N3O3S. The fourth-order valence-electron chi connectivity index (χ4n) is 3.00. The highest BCUT2D eigenvalue weighted by atomic mass is 32.2. The van der Waals surface area contributed by atoms with Crippen molar-refractivity contribution < 1.29 is 14.0 Å². The van der Waals surface area contributed by atoms with E-state index in [0.29, 0.717) is 34.9 Å². The van der Waals surface area contributed by atoms with Gasteiger partial charge in [-0.25, -0.2) is 4.99 Å². The van der Waals surface area contributed by atoms with Crippen LogP contribution in [-0.4, -0.2) is 22.5 Å². The molecule has 1 aliphatic heterocycles. The molecule has 0 saturated carbocycles. The Hall–Kier alpha value is -2.33. The maximum Gasteiger partial charge on any atom is 0.227 e. The lowest BCUT2D eigenvalue weighted by molar-refractivity contribution is -0.117. The molecule has 23 heavy (non-hydrogen) atoms. The van der Waals surface area contributed by atoms with E-state index in [9.17, 15) is 14.9 Å². The number of nitrogens with two attached hydrogens (primary N) is 1. The van der Waals surface area contributed by atoms with Crippen molar-refractivity contribution in [2.45, 2.75) is 25.2 Å². The van der Waals surface area contributed by atoms with Gasteiger partial charge < -0.3 is 10.2 Å². The molecule has 0 radical (unpaired) electrons. The van der Waals surface area contributed by atoms with Gasteiger partial charge in [-0.15, -0.1) is 0 Å². The molecule has 2 N–H and O–H groups in total. The first-order valence-electron chi connectivity index (χ1n) is 7.30. The largest absolute Gasteiger partial charge is 0.469 e. The Morgan fingerprint density at radius 3 is 3.00 bits per heavy atom. The molecule has 1 unspecified atom stereocenters. The van der Waals surface area contributed by atoms with Gasteiger partial charge in [-0.05, 0) is 25.0 Å². The van der Waals surface area contributed by atoms with Crippen LogP contribution in [0.15, 0.2) is 39.1 Å². The third-order valence-corrected chi connectivity index (χ3v) is 5.01. The fraction of sp³-hybridized carbons (Fsp3) is 0.375. The summed E-state index contributed by atoms with van der Waals surface area (Å²) in [4.78, 5) is 28.0. The average Bonchev–Trinajstić information content (AvgIpc) is 3.05. The molecule has 0 spiro atoms. The van der Waals surface area contributed by atoms with Gasteiger partial charge in [0.1, 0.15) is 11.7 Å². The Bertz CT molecular complexity index is 743. The second-order valence-corrected chi connectivity index (χ2v) is 6.44. The first-order chi connectivity index (χ1) is 11.1. The third kappa shape index (κ3) is 2.94. The first kappa shape index (κ1) is 15.6. The SMILES string of the molecule is N#CC1C(SCC(N)=O)=NC2=C(C(=O)CCC2)[C@H]1c1ccco1. The molecule has 1 aromatic heterocycles. The monoisotopic (exact) mass is 329 g/mol. The summed E-state index contributed by atoms with van der Waals surface area (Å²) in [5.74, 6) is -0.930. The van der Waals surface area contributed by atoms with Crippen molar-refractivity contribution in [3.05, 3.63) is 35.4 Å². The molecule has 0 aromatic carbocycles. The van der Waals surface area contributed by atoms with Crippen molar-refractivity contribution >= 4 is 28.5 Å². The normalized spacial score (nSPS) is 24.0. The van der Waals surface area contributed by atoms with Gasteiger partial charge in [-0.1, -0.05) is 11.8 Å². The number of hydrogen-bond donors (Lipinski definition) is 1. The molecule has 2 aliphatic rings. The van der Waals surface area contributed by atoms with E-state index in [0.717, 1.165) is 18.2 Å². The highest BCUT2D eigenvalue weighted by Crippen LogP contribution is 2.44. The number of rotatable bonds is 3. The second-order valence-electron chi connectivity index (χ2n) is 5.44. The molecule has 6 nitrogen and oxygen atoms in total. The number of hydrogen-bond acceptors (Lipinski definition) is 6. The Kier molecular flexibility index (Phi) is 4.35. The van der Waals surface area contributed by atoms with Crippen LogP contribution >= 0.6 is 11.8 Å². The van der Waals surface area contributed by atoms with Crippen molar-refractivity contribution in [3.8, 4) is 6.07 Å². The number of thioether (sulfide) groups is 1. The lowest BCUT2D eigenvalue weighted by Gasteiger charge is -2.31. The van der Waals surface area contributed by atoms with Crippen molar-refractivity contribution in [2.75, 3.05) is 5.75 Å². The average molecular weight is 329 g/mol. The molecule has 1 aliphatic carbocycles. The first-order valence-corrected chi connectivity index (χ1v) is 8.29. The van der Waals surface area contributed by atoms with Gasteiger partial charge in [0.15, 0.2) is 5.78 Å². The molecule has 0 fully saturated rings. The van der Waals surface area contributed by atoms with Crippen LogP contribution in [0.1, 0.15) is 30.9 Å². The Labute approximate surface area is 137 Å². The summed E-state index contributed by atoms with van der Waals surface area (Å²) in [7, 11) is 0. The predicted molar refractivity (Wildman–Crippen MR) is 85.5 cm³/mol. The summed E-state index contributed by atoms with van der Waals surface area (Å²) in [6, 6.07) is 5.72. The van der Waals surface area contributed by atoms with Crippen LogP contribution in [0.25, 0.3) is 0 Å². The van der Waals surface area contributed by atoms with E-state index in [1.165, 1.54) is 6.26 Å². The molecule has 118 valence electrons. The lowest BCUT2D eigenvalue weighted by atomic mass is 9.76. The van der Waals surface area contributed by atoms with E-state index < -0.39 is 17.7 Å². The van der Waals surface area contributed by atoms with Crippen LogP contribution < -0.4 is 5.73 Å². The molecule has 1 amide bonds. The summed E-state index contributed by atoms with van der Waals surface area (Å²) in [5.41, 5.74) is 6.49. The van der Waals surface area contributed by atoms with E-state index in [4.69, 9.17) is 10.2 Å². The zero-order valence-electron chi connectivity index (χ0n) is 12.3. The van der Waals surface area contributed by atoms with Gasteiger partial charge in [0.2, 0.25) is 5.91 Å². The summed E-state index contributed by atoms with van der Waals surface area (Å²) in [5, 5.41) is 10.2. The van der Waals surface area contributed by atoms with Crippen molar-refractivity contribution in [3.63, 3.8) is 0 Å². The Morgan fingerprint density at radius 1 is 1.52 bits per heavy atom. The van der Waals surface area contributed by atoms with Crippen LogP contribution in [0.2, 0.25) is 0 Å². The molecule has 7 heteroatoms. The highest BCUT2D eigenvalue weighted by molar-refractivity contribution is 8.14. The number of Topliss-reactive ketones (excluding diaryl/α,β-unsaturated/α-hetero) is 1. The molecule has 2 atom stereocenters. The number of aliphatic imine (C=N–C) groups is 1. The fourth-order valence-corrected chi connectivity index (χ4v) is 3.83. The van der Waals surface area contributed by atoms with Crippen LogP contribution in [0.3, 0.4) is 0 Å². The number of carbonyl (C=O) groups excluding carboxylic acids is 2. The summed E-state index contributed by atoms with van der Waals surface area (Å²) < 4.78 is 5.48. The van der Waals surface area contributed by atoms with Crippen LogP contribution in [0.4, 0.5) is 0 Å². The number of ketones is 1. The van der Waals surface area contributed by atoms with Crippen LogP contribution in [-0.2, 0) is 9.59 Å². The minimum absolute atomic E-state index is 0.0237. The van der Waals surface area contributed by atoms with Crippen molar-refractivity contribution in [1.29, 1.82) is 5.26 Å². The number of allylic oxidation sites excluding steroid dienone is 2. The summed E-state index contributed by atoms with van der Waals surface area (Å²) in [6.45, 7) is 0. The standard InChI is InChI=1S/C16H15N3O3S/c17-7-9-14(12-5-2-6-22-12)15-10(3-1-4-11(15)20)19-16(9)23-8-13(18)21/h2,5-6,9,14H,1,3-4,8H2,(H2,18,21)/t9?,14-/m1/s1. The van der Waals surface area contributed by atoms with E-state index in [1.54, 1.807) is 12.1 Å². The minimum Gasteiger partial charge on any atom is -0.469 e. The van der Waals surface area contributed by atoms with E-state index in [2.05, 4.69) is 11.1 Å². The van der Waals surface area contributed by atoms with E-state index in [-0.39, 0.29) is 11.5 Å². The van der Waals surface area contributed by atoms with Gasteiger partial charge in [0, 0.05) is 17.7 Å². The number of nitriles is 1. The van der Waals surface area contributed by atoms with E-state index >= 15 is 0 Å². The number of primary amides is 1. The molecule has 0 saturated heterocycles. The summed E-state index contributed by atoms with van der Waals surface area (Å²) >= 11 is 1.16. The maximum atomic E-state index is 12.4. The van der Waals surface area contributed by atoms with Gasteiger partial charge in [-0.3, -0.25) is 9.59 Å². The van der Waals surface area contributed by atoms with Crippen molar-refractivity contribution in [1.82, 2.24) is 0 Å². The smallest absolute Gasteiger partial charge is 0.227 e. The number of amides is 1. The topological polar surface area (TPSA) is 109 Å². The Balaban J connectivity index is 2.07. The third-order valence-electron chi connectivity index (χ3n) is 3.94. The minimum atomic E-state index is -0.647. The van der Waals surface area contributed by atoms with Crippen LogP contribution in [0, 0.1) is 17.2 Å². The molecule has 0 bridgehead atoms. The predicted octanol–water partition coefficient (Wildman–Crippen LogP) is 2.14.